The molecule has 186 valence electrons. The lowest BCUT2D eigenvalue weighted by Crippen LogP contribution is -2.36. The summed E-state index contributed by atoms with van der Waals surface area (Å²) in [5.41, 5.74) is 1.95. The molecule has 37 heavy (non-hydrogen) atoms. The zero-order valence-electron chi connectivity index (χ0n) is 20.1. The molecule has 7 heteroatoms. The fraction of sp³-hybridized carbons (Fsp3) is 0.133. The van der Waals surface area contributed by atoms with Gasteiger partial charge in [-0.15, -0.1) is 0 Å². The number of halogens is 1. The molecule has 0 spiro atoms. The summed E-state index contributed by atoms with van der Waals surface area (Å²) in [6, 6.07) is 28.7. The van der Waals surface area contributed by atoms with Crippen LogP contribution in [0.1, 0.15) is 24.0 Å². The Morgan fingerprint density at radius 1 is 0.919 bits per heavy atom. The largest absolute Gasteiger partial charge is 0.483 e. The van der Waals surface area contributed by atoms with Crippen LogP contribution in [-0.2, 0) is 14.3 Å². The third-order valence-corrected chi connectivity index (χ3v) is 6.70. The molecule has 0 saturated heterocycles. The van der Waals surface area contributed by atoms with Gasteiger partial charge in [-0.2, -0.15) is 0 Å². The van der Waals surface area contributed by atoms with Crippen LogP contribution in [0.4, 0.5) is 0 Å². The molecule has 1 atom stereocenters. The Kier molecular flexibility index (Phi) is 7.23. The number of benzene rings is 4. The Morgan fingerprint density at radius 2 is 1.65 bits per heavy atom. The lowest BCUT2D eigenvalue weighted by Gasteiger charge is -2.31. The number of amides is 1. The summed E-state index contributed by atoms with van der Waals surface area (Å²) < 4.78 is 18.1. The van der Waals surface area contributed by atoms with E-state index in [0.29, 0.717) is 11.5 Å². The molecule has 4 aromatic rings. The van der Waals surface area contributed by atoms with E-state index in [0.717, 1.165) is 26.4 Å². The zero-order chi connectivity index (χ0) is 25.8. The lowest BCUT2D eigenvalue weighted by molar-refractivity contribution is -0.139. The quantitative estimate of drug-likeness (QED) is 0.278. The van der Waals surface area contributed by atoms with Gasteiger partial charge in [-0.05, 0) is 57.4 Å². The van der Waals surface area contributed by atoms with E-state index in [1.807, 2.05) is 84.9 Å². The second-order valence-corrected chi connectivity index (χ2v) is 9.23. The van der Waals surface area contributed by atoms with Crippen molar-refractivity contribution in [1.82, 2.24) is 5.32 Å². The number of ether oxygens (including phenoxy) is 3. The first-order valence-corrected chi connectivity index (χ1v) is 12.7. The minimum absolute atomic E-state index is 0.0378. The van der Waals surface area contributed by atoms with Crippen LogP contribution in [0.15, 0.2) is 107 Å². The second kappa shape index (κ2) is 10.9. The molecule has 0 fully saturated rings. The van der Waals surface area contributed by atoms with Gasteiger partial charge >= 0.3 is 5.97 Å². The average molecular weight is 558 g/mol. The van der Waals surface area contributed by atoms with Crippen LogP contribution in [0.25, 0.3) is 10.8 Å². The molecular formula is C30H24BrNO5. The third kappa shape index (κ3) is 5.08. The minimum atomic E-state index is -0.558. The predicted octanol–water partition coefficient (Wildman–Crippen LogP) is 6.10. The van der Waals surface area contributed by atoms with Gasteiger partial charge < -0.3 is 14.2 Å². The number of fused-ring (bicyclic) bond motifs is 3. The summed E-state index contributed by atoms with van der Waals surface area (Å²) in [7, 11) is 0. The molecule has 5 rings (SSSR count). The van der Waals surface area contributed by atoms with Gasteiger partial charge in [0.15, 0.2) is 6.61 Å². The van der Waals surface area contributed by atoms with Crippen molar-refractivity contribution >= 4 is 38.6 Å². The summed E-state index contributed by atoms with van der Waals surface area (Å²) in [6.07, 6.45) is 0. The molecule has 1 amide bonds. The van der Waals surface area contributed by atoms with Crippen LogP contribution in [0.2, 0.25) is 0 Å². The van der Waals surface area contributed by atoms with Crippen molar-refractivity contribution in [2.45, 2.75) is 12.8 Å². The third-order valence-electron chi connectivity index (χ3n) is 6.04. The van der Waals surface area contributed by atoms with Gasteiger partial charge in [-0.1, -0.05) is 72.8 Å². The highest BCUT2D eigenvalue weighted by Gasteiger charge is 2.38. The molecule has 6 nitrogen and oxygen atoms in total. The highest BCUT2D eigenvalue weighted by Crippen LogP contribution is 2.46. The summed E-state index contributed by atoms with van der Waals surface area (Å²) in [5.74, 6) is -0.422. The summed E-state index contributed by atoms with van der Waals surface area (Å²) in [6.45, 7) is 1.65. The van der Waals surface area contributed by atoms with Crippen LogP contribution < -0.4 is 14.8 Å². The maximum atomic E-state index is 13.4. The van der Waals surface area contributed by atoms with E-state index in [9.17, 15) is 9.59 Å². The Bertz CT molecular complexity index is 1500. The fourth-order valence-electron chi connectivity index (χ4n) is 4.46. The van der Waals surface area contributed by atoms with Gasteiger partial charge in [0.2, 0.25) is 5.88 Å². The highest BCUT2D eigenvalue weighted by molar-refractivity contribution is 9.10. The lowest BCUT2D eigenvalue weighted by atomic mass is 9.80. The molecule has 1 aliphatic heterocycles. The van der Waals surface area contributed by atoms with Crippen LogP contribution in [0, 0.1) is 0 Å². The molecule has 1 heterocycles. The maximum absolute atomic E-state index is 13.4. The number of carbonyl (C=O) groups excluding carboxylic acids is 2. The Labute approximate surface area is 223 Å². The van der Waals surface area contributed by atoms with E-state index in [1.54, 1.807) is 13.0 Å². The molecule has 0 aromatic heterocycles. The van der Waals surface area contributed by atoms with Crippen LogP contribution in [-0.4, -0.2) is 25.1 Å². The van der Waals surface area contributed by atoms with Gasteiger partial charge in [0.05, 0.1) is 17.0 Å². The molecular weight excluding hydrogens is 534 g/mol. The van der Waals surface area contributed by atoms with Gasteiger partial charge in [0.25, 0.3) is 5.91 Å². The van der Waals surface area contributed by atoms with Gasteiger partial charge in [-0.3, -0.25) is 10.1 Å². The molecule has 0 radical (unpaired) electrons. The first kappa shape index (κ1) is 24.6. The van der Waals surface area contributed by atoms with E-state index in [4.69, 9.17) is 14.2 Å². The number of rotatable bonds is 7. The fourth-order valence-corrected chi connectivity index (χ4v) is 4.86. The monoisotopic (exact) mass is 557 g/mol. The van der Waals surface area contributed by atoms with E-state index < -0.39 is 17.8 Å². The first-order chi connectivity index (χ1) is 18.1. The van der Waals surface area contributed by atoms with Gasteiger partial charge in [-0.25, -0.2) is 4.79 Å². The molecule has 1 N–H and O–H groups in total. The normalized spacial score (nSPS) is 14.5. The van der Waals surface area contributed by atoms with Crippen molar-refractivity contribution in [2.75, 3.05) is 13.2 Å². The Balaban J connectivity index is 1.58. The van der Waals surface area contributed by atoms with Crippen molar-refractivity contribution in [3.8, 4) is 11.5 Å². The average Bonchev–Trinajstić information content (AvgIpc) is 2.92. The SMILES string of the molecule is CCOC(=O)C1=C(NC(=O)COc2ccccc2Br)Oc2ccc3ccccc3c2C1c1ccccc1. The standard InChI is InChI=1S/C30H24BrNO5/c1-2-35-30(34)28-26(20-11-4-3-5-12-20)27-21-13-7-6-10-19(21)16-17-24(27)37-29(28)32-25(33)18-36-23-15-9-8-14-22(23)31/h3-17,26H,2,18H2,1H3,(H,32,33). The van der Waals surface area contributed by atoms with Crippen molar-refractivity contribution in [2.24, 2.45) is 0 Å². The highest BCUT2D eigenvalue weighted by atomic mass is 79.9. The number of hydrogen-bond acceptors (Lipinski definition) is 5. The van der Waals surface area contributed by atoms with Crippen molar-refractivity contribution in [1.29, 1.82) is 0 Å². The maximum Gasteiger partial charge on any atom is 0.340 e. The number of esters is 1. The summed E-state index contributed by atoms with van der Waals surface area (Å²) in [5, 5.41) is 4.74. The van der Waals surface area contributed by atoms with Crippen LogP contribution in [0.3, 0.4) is 0 Å². The van der Waals surface area contributed by atoms with E-state index >= 15 is 0 Å². The molecule has 0 bridgehead atoms. The Morgan fingerprint density at radius 3 is 2.43 bits per heavy atom. The predicted molar refractivity (Wildman–Crippen MR) is 144 cm³/mol. The van der Waals surface area contributed by atoms with Crippen LogP contribution in [0.5, 0.6) is 11.5 Å². The number of carbonyl (C=O) groups is 2. The summed E-state index contributed by atoms with van der Waals surface area (Å²) in [4.78, 5) is 26.4. The topological polar surface area (TPSA) is 73.9 Å². The van der Waals surface area contributed by atoms with Crippen molar-refractivity contribution in [3.63, 3.8) is 0 Å². The van der Waals surface area contributed by atoms with Crippen LogP contribution >= 0.6 is 15.9 Å². The molecule has 4 aromatic carbocycles. The van der Waals surface area contributed by atoms with E-state index in [1.165, 1.54) is 0 Å². The second-order valence-electron chi connectivity index (χ2n) is 8.37. The van der Waals surface area contributed by atoms with Crippen molar-refractivity contribution < 1.29 is 23.8 Å². The van der Waals surface area contributed by atoms with Crippen molar-refractivity contribution in [3.05, 3.63) is 118 Å². The molecule has 1 aliphatic rings. The number of nitrogens with one attached hydrogen (secondary N) is 1. The minimum Gasteiger partial charge on any atom is -0.483 e. The zero-order valence-corrected chi connectivity index (χ0v) is 21.7. The number of para-hydroxylation sites is 1. The Hall–Kier alpha value is -4.10. The summed E-state index contributed by atoms with van der Waals surface area (Å²) >= 11 is 3.41. The molecule has 0 saturated carbocycles. The van der Waals surface area contributed by atoms with E-state index in [-0.39, 0.29) is 24.7 Å². The molecule has 0 aliphatic carbocycles. The number of hydrogen-bond donors (Lipinski definition) is 1. The first-order valence-electron chi connectivity index (χ1n) is 11.9. The van der Waals surface area contributed by atoms with Gasteiger partial charge in [0, 0.05) is 5.56 Å². The van der Waals surface area contributed by atoms with Gasteiger partial charge in [0.1, 0.15) is 17.1 Å². The van der Waals surface area contributed by atoms with E-state index in [2.05, 4.69) is 21.2 Å². The molecule has 1 unspecified atom stereocenters. The smallest absolute Gasteiger partial charge is 0.340 e.